The molecule has 1 spiro atoms. The molecular formula is C27H38N6O5S. The number of hydrogen-bond donors (Lipinski definition) is 3. The lowest BCUT2D eigenvalue weighted by Crippen LogP contribution is -2.42. The number of morpholine rings is 1. The molecule has 3 aliphatic rings. The number of aryl methyl sites for hydroxylation is 1. The number of rotatable bonds is 8. The van der Waals surface area contributed by atoms with Gasteiger partial charge < -0.3 is 25.0 Å². The first-order chi connectivity index (χ1) is 18.6. The zero-order chi connectivity index (χ0) is 27.8. The van der Waals surface area contributed by atoms with Crippen LogP contribution in [0, 0.1) is 12.3 Å². The molecule has 1 aromatic carbocycles. The molecule has 3 heterocycles. The van der Waals surface area contributed by atoms with Gasteiger partial charge in [0, 0.05) is 37.9 Å². The number of aromatic nitrogens is 2. The standard InChI is InChI=1S/C27H38N6O5S/c1-18-14-24(30-26(28-18)33-12-13-38-19(2)16-33)29-25(35)22-5-4-21(31-39(36,37)20(3)17-34)15-23(22)32-10-8-27(6-7-27)9-11-32/h4-5,14-15,19-20,31,34H,6-13,16-17H2,1-3H3,(H,28,29,30,35)/t19-,20+/m1/s1. The largest absolute Gasteiger partial charge is 0.395 e. The second kappa shape index (κ2) is 10.9. The molecule has 212 valence electrons. The number of ether oxygens (including phenoxy) is 1. The summed E-state index contributed by atoms with van der Waals surface area (Å²) in [7, 11) is -3.77. The number of anilines is 4. The van der Waals surface area contributed by atoms with E-state index >= 15 is 0 Å². The highest BCUT2D eigenvalue weighted by atomic mass is 32.2. The van der Waals surface area contributed by atoms with Crippen molar-refractivity contribution in [2.24, 2.45) is 5.41 Å². The van der Waals surface area contributed by atoms with E-state index in [9.17, 15) is 18.3 Å². The van der Waals surface area contributed by atoms with Crippen molar-refractivity contribution in [2.75, 3.05) is 59.2 Å². The Balaban J connectivity index is 1.41. The third-order valence-corrected chi connectivity index (χ3v) is 9.75. The number of aliphatic hydroxyl groups excluding tert-OH is 1. The van der Waals surface area contributed by atoms with Gasteiger partial charge in [-0.25, -0.2) is 13.4 Å². The Morgan fingerprint density at radius 3 is 2.56 bits per heavy atom. The van der Waals surface area contributed by atoms with Gasteiger partial charge in [-0.2, -0.15) is 4.98 Å². The van der Waals surface area contributed by atoms with Crippen LogP contribution in [-0.2, 0) is 14.8 Å². The molecule has 3 N–H and O–H groups in total. The SMILES string of the molecule is Cc1cc(NC(=O)c2ccc(NS(=O)(=O)[C@@H](C)CO)cc2N2CCC3(CC2)CC3)nc(N2CCO[C@H](C)C2)n1. The molecule has 12 heteroatoms. The van der Waals surface area contributed by atoms with Gasteiger partial charge >= 0.3 is 0 Å². The topological polar surface area (TPSA) is 137 Å². The monoisotopic (exact) mass is 558 g/mol. The van der Waals surface area contributed by atoms with Crippen LogP contribution in [0.1, 0.15) is 55.6 Å². The number of amides is 1. The highest BCUT2D eigenvalue weighted by Gasteiger charge is 2.44. The summed E-state index contributed by atoms with van der Waals surface area (Å²) in [6.45, 7) is 8.37. The van der Waals surface area contributed by atoms with Crippen molar-refractivity contribution in [1.82, 2.24) is 9.97 Å². The van der Waals surface area contributed by atoms with Gasteiger partial charge in [-0.05, 0) is 70.1 Å². The number of benzene rings is 1. The fraction of sp³-hybridized carbons (Fsp3) is 0.593. The Kier molecular flexibility index (Phi) is 7.71. The average Bonchev–Trinajstić information content (AvgIpc) is 3.66. The smallest absolute Gasteiger partial charge is 0.258 e. The fourth-order valence-corrected chi connectivity index (χ4v) is 6.11. The zero-order valence-corrected chi connectivity index (χ0v) is 23.6. The van der Waals surface area contributed by atoms with Gasteiger partial charge in [-0.15, -0.1) is 0 Å². The Bertz CT molecular complexity index is 1320. The molecule has 1 aliphatic carbocycles. The van der Waals surface area contributed by atoms with Crippen LogP contribution in [0.25, 0.3) is 0 Å². The van der Waals surface area contributed by atoms with Crippen molar-refractivity contribution in [3.05, 3.63) is 35.5 Å². The van der Waals surface area contributed by atoms with Crippen LogP contribution in [0.15, 0.2) is 24.3 Å². The first-order valence-corrected chi connectivity index (χ1v) is 15.2. The molecule has 2 aromatic rings. The quantitative estimate of drug-likeness (QED) is 0.447. The van der Waals surface area contributed by atoms with Crippen molar-refractivity contribution in [2.45, 2.75) is 57.8 Å². The number of carbonyl (C=O) groups is 1. The lowest BCUT2D eigenvalue weighted by Gasteiger charge is -2.35. The summed E-state index contributed by atoms with van der Waals surface area (Å²) in [5.74, 6) is 0.633. The van der Waals surface area contributed by atoms with Crippen LogP contribution >= 0.6 is 0 Å². The Morgan fingerprint density at radius 2 is 1.90 bits per heavy atom. The third-order valence-electron chi connectivity index (χ3n) is 8.02. The molecule has 0 bridgehead atoms. The molecule has 2 aliphatic heterocycles. The summed E-state index contributed by atoms with van der Waals surface area (Å²) in [5, 5.41) is 11.3. The van der Waals surface area contributed by atoms with Gasteiger partial charge in [0.2, 0.25) is 16.0 Å². The maximum atomic E-state index is 13.6. The van der Waals surface area contributed by atoms with Gasteiger partial charge in [0.15, 0.2) is 0 Å². The molecule has 0 unspecified atom stereocenters. The third kappa shape index (κ3) is 6.28. The predicted molar refractivity (Wildman–Crippen MR) is 151 cm³/mol. The second-order valence-electron chi connectivity index (χ2n) is 11.1. The number of nitrogens with one attached hydrogen (secondary N) is 2. The van der Waals surface area contributed by atoms with Gasteiger partial charge in [0.1, 0.15) is 11.1 Å². The van der Waals surface area contributed by atoms with Crippen LogP contribution < -0.4 is 19.8 Å². The zero-order valence-electron chi connectivity index (χ0n) is 22.8. The predicted octanol–water partition coefficient (Wildman–Crippen LogP) is 2.77. The number of aliphatic hydroxyl groups is 1. The molecule has 1 aromatic heterocycles. The van der Waals surface area contributed by atoms with Crippen LogP contribution in [0.2, 0.25) is 0 Å². The normalized spacial score (nSPS) is 21.5. The van der Waals surface area contributed by atoms with Crippen molar-refractivity contribution in [3.8, 4) is 0 Å². The van der Waals surface area contributed by atoms with E-state index in [0.29, 0.717) is 53.8 Å². The number of nitrogens with zero attached hydrogens (tertiary/aromatic N) is 4. The van der Waals surface area contributed by atoms with Crippen molar-refractivity contribution >= 4 is 39.1 Å². The number of hydrogen-bond acceptors (Lipinski definition) is 9. The lowest BCUT2D eigenvalue weighted by atomic mass is 9.93. The molecular weight excluding hydrogens is 520 g/mol. The lowest BCUT2D eigenvalue weighted by molar-refractivity contribution is 0.0526. The first-order valence-electron chi connectivity index (χ1n) is 13.6. The molecule has 3 fully saturated rings. The minimum atomic E-state index is -3.77. The summed E-state index contributed by atoms with van der Waals surface area (Å²) in [5.41, 5.74) is 2.66. The molecule has 1 saturated carbocycles. The molecule has 2 atom stereocenters. The molecule has 39 heavy (non-hydrogen) atoms. The second-order valence-corrected chi connectivity index (χ2v) is 13.2. The van der Waals surface area contributed by atoms with Gasteiger partial charge in [0.25, 0.3) is 5.91 Å². The maximum Gasteiger partial charge on any atom is 0.258 e. The molecule has 1 amide bonds. The Morgan fingerprint density at radius 1 is 1.15 bits per heavy atom. The molecule has 5 rings (SSSR count). The minimum absolute atomic E-state index is 0.0686. The van der Waals surface area contributed by atoms with E-state index in [4.69, 9.17) is 4.74 Å². The van der Waals surface area contributed by atoms with E-state index in [1.54, 1.807) is 24.3 Å². The molecule has 0 radical (unpaired) electrons. The van der Waals surface area contributed by atoms with Gasteiger partial charge in [-0.3, -0.25) is 9.52 Å². The number of piperidine rings is 1. The van der Waals surface area contributed by atoms with Crippen LogP contribution in [0.3, 0.4) is 0 Å². The highest BCUT2D eigenvalue weighted by Crippen LogP contribution is 2.54. The average molecular weight is 559 g/mol. The van der Waals surface area contributed by atoms with E-state index in [1.165, 1.54) is 19.8 Å². The first kappa shape index (κ1) is 27.6. The van der Waals surface area contributed by atoms with E-state index in [2.05, 4.69) is 29.8 Å². The summed E-state index contributed by atoms with van der Waals surface area (Å²) in [6, 6.07) is 6.68. The summed E-state index contributed by atoms with van der Waals surface area (Å²) in [6.07, 6.45) is 4.68. The van der Waals surface area contributed by atoms with Crippen molar-refractivity contribution < 1.29 is 23.1 Å². The summed E-state index contributed by atoms with van der Waals surface area (Å²) < 4.78 is 33.4. The van der Waals surface area contributed by atoms with Crippen LogP contribution in [0.4, 0.5) is 23.1 Å². The summed E-state index contributed by atoms with van der Waals surface area (Å²) >= 11 is 0. The van der Waals surface area contributed by atoms with Crippen molar-refractivity contribution in [3.63, 3.8) is 0 Å². The Hall–Kier alpha value is -2.96. The van der Waals surface area contributed by atoms with Crippen LogP contribution in [-0.4, -0.2) is 80.1 Å². The maximum absolute atomic E-state index is 13.6. The minimum Gasteiger partial charge on any atom is -0.395 e. The van der Waals surface area contributed by atoms with E-state index in [0.717, 1.165) is 31.6 Å². The van der Waals surface area contributed by atoms with E-state index in [1.807, 2.05) is 13.8 Å². The Labute approximate surface area is 230 Å². The fourth-order valence-electron chi connectivity index (χ4n) is 5.25. The van der Waals surface area contributed by atoms with Gasteiger partial charge in [0.05, 0.1) is 36.3 Å². The number of sulfonamides is 1. The summed E-state index contributed by atoms with van der Waals surface area (Å²) in [4.78, 5) is 27.0. The van der Waals surface area contributed by atoms with E-state index in [-0.39, 0.29) is 12.0 Å². The highest BCUT2D eigenvalue weighted by molar-refractivity contribution is 7.93. The van der Waals surface area contributed by atoms with Crippen LogP contribution in [0.5, 0.6) is 0 Å². The number of carbonyl (C=O) groups excluding carboxylic acids is 1. The van der Waals surface area contributed by atoms with E-state index < -0.39 is 21.9 Å². The van der Waals surface area contributed by atoms with Gasteiger partial charge in [-0.1, -0.05) is 0 Å². The molecule has 11 nitrogen and oxygen atoms in total. The van der Waals surface area contributed by atoms with Crippen molar-refractivity contribution in [1.29, 1.82) is 0 Å². The molecule has 2 saturated heterocycles.